The van der Waals surface area contributed by atoms with E-state index in [9.17, 15) is 0 Å². The predicted octanol–water partition coefficient (Wildman–Crippen LogP) is 3.91. The highest BCUT2D eigenvalue weighted by Gasteiger charge is 2.12. The van der Waals surface area contributed by atoms with Gasteiger partial charge in [0.05, 0.1) is 0 Å². The van der Waals surface area contributed by atoms with E-state index >= 15 is 0 Å². The number of hydrogen-bond donors (Lipinski definition) is 1. The van der Waals surface area contributed by atoms with Crippen molar-refractivity contribution < 1.29 is 0 Å². The van der Waals surface area contributed by atoms with Crippen LogP contribution in [0.4, 0.5) is 0 Å². The molecule has 0 aromatic heterocycles. The number of hydrogen-bond acceptors (Lipinski definition) is 1. The van der Waals surface area contributed by atoms with Gasteiger partial charge in [0.1, 0.15) is 0 Å². The van der Waals surface area contributed by atoms with Gasteiger partial charge in [-0.2, -0.15) is 0 Å². The standard InChI is InChI=1S/C14H22ClN/c1-4-8-16-14(11(2)3)10-12-6-5-7-13(15)9-12/h5-7,9,11,14,16H,4,8,10H2,1-3H3. The summed E-state index contributed by atoms with van der Waals surface area (Å²) in [6.07, 6.45) is 2.23. The highest BCUT2D eigenvalue weighted by Crippen LogP contribution is 2.15. The Hall–Kier alpha value is -0.530. The Bertz CT molecular complexity index is 309. The fourth-order valence-corrected chi connectivity index (χ4v) is 2.00. The van der Waals surface area contributed by atoms with Crippen molar-refractivity contribution in [2.45, 2.75) is 39.7 Å². The van der Waals surface area contributed by atoms with E-state index in [2.05, 4.69) is 38.2 Å². The van der Waals surface area contributed by atoms with Gasteiger partial charge >= 0.3 is 0 Å². The summed E-state index contributed by atoms with van der Waals surface area (Å²) in [4.78, 5) is 0. The Labute approximate surface area is 104 Å². The van der Waals surface area contributed by atoms with E-state index in [1.807, 2.05) is 12.1 Å². The number of halogens is 1. The predicted molar refractivity (Wildman–Crippen MR) is 72.1 cm³/mol. The molecule has 0 radical (unpaired) electrons. The molecule has 1 N–H and O–H groups in total. The summed E-state index contributed by atoms with van der Waals surface area (Å²) < 4.78 is 0. The zero-order chi connectivity index (χ0) is 12.0. The lowest BCUT2D eigenvalue weighted by atomic mass is 9.96. The van der Waals surface area contributed by atoms with Gasteiger partial charge in [-0.25, -0.2) is 0 Å². The molecule has 0 aliphatic carbocycles. The molecule has 0 spiro atoms. The third-order valence-corrected chi connectivity index (χ3v) is 3.04. The van der Waals surface area contributed by atoms with Crippen molar-refractivity contribution in [2.24, 2.45) is 5.92 Å². The minimum Gasteiger partial charge on any atom is -0.313 e. The smallest absolute Gasteiger partial charge is 0.0408 e. The monoisotopic (exact) mass is 239 g/mol. The first-order valence-electron chi connectivity index (χ1n) is 6.11. The lowest BCUT2D eigenvalue weighted by Gasteiger charge is -2.22. The summed E-state index contributed by atoms with van der Waals surface area (Å²) in [5, 5.41) is 4.42. The van der Waals surface area contributed by atoms with Crippen LogP contribution in [0.2, 0.25) is 5.02 Å². The Balaban J connectivity index is 2.60. The quantitative estimate of drug-likeness (QED) is 0.794. The van der Waals surface area contributed by atoms with E-state index in [4.69, 9.17) is 11.6 Å². The molecule has 1 aromatic carbocycles. The molecule has 0 fully saturated rings. The molecule has 0 saturated heterocycles. The van der Waals surface area contributed by atoms with Crippen molar-refractivity contribution in [2.75, 3.05) is 6.54 Å². The third-order valence-electron chi connectivity index (χ3n) is 2.81. The Morgan fingerprint density at radius 3 is 2.62 bits per heavy atom. The molecule has 16 heavy (non-hydrogen) atoms. The molecule has 0 saturated carbocycles. The maximum absolute atomic E-state index is 5.99. The van der Waals surface area contributed by atoms with Gasteiger partial charge in [-0.1, -0.05) is 44.5 Å². The van der Waals surface area contributed by atoms with E-state index in [0.29, 0.717) is 12.0 Å². The van der Waals surface area contributed by atoms with E-state index in [-0.39, 0.29) is 0 Å². The minimum atomic E-state index is 0.540. The van der Waals surface area contributed by atoms with Crippen LogP contribution < -0.4 is 5.32 Å². The van der Waals surface area contributed by atoms with Crippen LogP contribution in [0.1, 0.15) is 32.8 Å². The van der Waals surface area contributed by atoms with Crippen LogP contribution in [-0.2, 0) is 6.42 Å². The summed E-state index contributed by atoms with van der Waals surface area (Å²) in [5.41, 5.74) is 1.31. The zero-order valence-electron chi connectivity index (χ0n) is 10.5. The molecule has 0 aliphatic rings. The number of nitrogens with one attached hydrogen (secondary N) is 1. The van der Waals surface area contributed by atoms with Gasteiger partial charge in [-0.3, -0.25) is 0 Å². The van der Waals surface area contributed by atoms with Gasteiger partial charge in [-0.05, 0) is 43.0 Å². The lowest BCUT2D eigenvalue weighted by Crippen LogP contribution is -2.36. The number of rotatable bonds is 6. The normalized spacial score (nSPS) is 13.1. The lowest BCUT2D eigenvalue weighted by molar-refractivity contribution is 0.397. The molecule has 1 atom stereocenters. The van der Waals surface area contributed by atoms with Gasteiger partial charge < -0.3 is 5.32 Å². The summed E-state index contributed by atoms with van der Waals surface area (Å²) in [6, 6.07) is 8.70. The molecular formula is C14H22ClN. The van der Waals surface area contributed by atoms with Crippen LogP contribution in [0.3, 0.4) is 0 Å². The number of benzene rings is 1. The first kappa shape index (κ1) is 13.5. The van der Waals surface area contributed by atoms with Crippen molar-refractivity contribution >= 4 is 11.6 Å². The van der Waals surface area contributed by atoms with Crippen molar-refractivity contribution in [1.29, 1.82) is 0 Å². The maximum atomic E-state index is 5.99. The second-order valence-electron chi connectivity index (χ2n) is 4.64. The molecule has 0 bridgehead atoms. The Kier molecular flexibility index (Phi) is 5.86. The molecule has 0 aliphatic heterocycles. The Morgan fingerprint density at radius 2 is 2.06 bits per heavy atom. The molecule has 0 heterocycles. The molecule has 0 amide bonds. The van der Waals surface area contributed by atoms with Crippen molar-refractivity contribution in [3.8, 4) is 0 Å². The van der Waals surface area contributed by atoms with Gasteiger partial charge in [0, 0.05) is 11.1 Å². The fourth-order valence-electron chi connectivity index (χ4n) is 1.79. The van der Waals surface area contributed by atoms with E-state index < -0.39 is 0 Å². The maximum Gasteiger partial charge on any atom is 0.0408 e. The van der Waals surface area contributed by atoms with Gasteiger partial charge in [-0.15, -0.1) is 0 Å². The molecule has 1 nitrogen and oxygen atoms in total. The van der Waals surface area contributed by atoms with Crippen LogP contribution in [0.15, 0.2) is 24.3 Å². The van der Waals surface area contributed by atoms with Crippen LogP contribution >= 0.6 is 11.6 Å². The van der Waals surface area contributed by atoms with E-state index in [1.54, 1.807) is 0 Å². The van der Waals surface area contributed by atoms with Gasteiger partial charge in [0.15, 0.2) is 0 Å². The first-order chi connectivity index (χ1) is 7.63. The molecule has 1 unspecified atom stereocenters. The third kappa shape index (κ3) is 4.54. The highest BCUT2D eigenvalue weighted by atomic mass is 35.5. The molecule has 2 heteroatoms. The first-order valence-corrected chi connectivity index (χ1v) is 6.49. The molecular weight excluding hydrogens is 218 g/mol. The fraction of sp³-hybridized carbons (Fsp3) is 0.571. The van der Waals surface area contributed by atoms with Gasteiger partial charge in [0.25, 0.3) is 0 Å². The van der Waals surface area contributed by atoms with Crippen molar-refractivity contribution in [1.82, 2.24) is 5.32 Å². The summed E-state index contributed by atoms with van der Waals surface area (Å²) in [7, 11) is 0. The molecule has 1 aromatic rings. The SMILES string of the molecule is CCCNC(Cc1cccc(Cl)c1)C(C)C. The summed E-state index contributed by atoms with van der Waals surface area (Å²) in [5.74, 6) is 0.644. The second-order valence-corrected chi connectivity index (χ2v) is 5.08. The highest BCUT2D eigenvalue weighted by molar-refractivity contribution is 6.30. The second kappa shape index (κ2) is 6.93. The van der Waals surface area contributed by atoms with Crippen molar-refractivity contribution in [3.05, 3.63) is 34.9 Å². The topological polar surface area (TPSA) is 12.0 Å². The van der Waals surface area contributed by atoms with E-state index in [0.717, 1.165) is 18.0 Å². The zero-order valence-corrected chi connectivity index (χ0v) is 11.2. The van der Waals surface area contributed by atoms with Crippen LogP contribution in [0, 0.1) is 5.92 Å². The average molecular weight is 240 g/mol. The summed E-state index contributed by atoms with van der Waals surface area (Å²) in [6.45, 7) is 7.81. The molecule has 1 rings (SSSR count). The van der Waals surface area contributed by atoms with Crippen LogP contribution in [0.5, 0.6) is 0 Å². The van der Waals surface area contributed by atoms with E-state index in [1.165, 1.54) is 12.0 Å². The summed E-state index contributed by atoms with van der Waals surface area (Å²) >= 11 is 5.99. The van der Waals surface area contributed by atoms with Crippen molar-refractivity contribution in [3.63, 3.8) is 0 Å². The Morgan fingerprint density at radius 1 is 1.31 bits per heavy atom. The molecule has 90 valence electrons. The van der Waals surface area contributed by atoms with Crippen LogP contribution in [0.25, 0.3) is 0 Å². The van der Waals surface area contributed by atoms with Gasteiger partial charge in [0.2, 0.25) is 0 Å². The average Bonchev–Trinajstić information content (AvgIpc) is 2.24. The minimum absolute atomic E-state index is 0.540. The van der Waals surface area contributed by atoms with Crippen LogP contribution in [-0.4, -0.2) is 12.6 Å². The largest absolute Gasteiger partial charge is 0.313 e.